The number of benzene rings is 1. The fraction of sp³-hybridized carbons (Fsp3) is 0.647. The van der Waals surface area contributed by atoms with Crippen LogP contribution in [0.1, 0.15) is 57.4 Å². The highest BCUT2D eigenvalue weighted by atomic mass is 16.5. The van der Waals surface area contributed by atoms with E-state index in [1.165, 1.54) is 50.5 Å². The van der Waals surface area contributed by atoms with E-state index in [9.17, 15) is 5.11 Å². The maximum atomic E-state index is 9.71. The van der Waals surface area contributed by atoms with Crippen LogP contribution in [0.25, 0.3) is 0 Å². The Morgan fingerprint density at radius 3 is 2.55 bits per heavy atom. The Labute approximate surface area is 122 Å². The van der Waals surface area contributed by atoms with Gasteiger partial charge in [-0.25, -0.2) is 0 Å². The smallest absolute Gasteiger partial charge is 0.161 e. The summed E-state index contributed by atoms with van der Waals surface area (Å²) in [5, 5.41) is 13.4. The number of phenolic OH excluding ortho intramolecular Hbond substituents is 1. The molecule has 0 bridgehead atoms. The molecular formula is C17H27NO2. The lowest BCUT2D eigenvalue weighted by Crippen LogP contribution is -2.29. The highest BCUT2D eigenvalue weighted by Gasteiger charge is 2.11. The Hall–Kier alpha value is -1.22. The summed E-state index contributed by atoms with van der Waals surface area (Å²) in [4.78, 5) is 0. The van der Waals surface area contributed by atoms with Gasteiger partial charge in [-0.15, -0.1) is 0 Å². The molecule has 3 nitrogen and oxygen atoms in total. The first-order chi connectivity index (χ1) is 9.79. The van der Waals surface area contributed by atoms with Crippen LogP contribution >= 0.6 is 0 Å². The van der Waals surface area contributed by atoms with Gasteiger partial charge in [0.1, 0.15) is 0 Å². The Balaban J connectivity index is 1.87. The van der Waals surface area contributed by atoms with Crippen molar-refractivity contribution in [2.75, 3.05) is 6.61 Å². The Kier molecular flexibility index (Phi) is 6.19. The van der Waals surface area contributed by atoms with Gasteiger partial charge in [0.15, 0.2) is 11.5 Å². The molecule has 1 aliphatic rings. The van der Waals surface area contributed by atoms with Crippen molar-refractivity contribution in [3.63, 3.8) is 0 Å². The molecular weight excluding hydrogens is 250 g/mol. The molecule has 3 heteroatoms. The van der Waals surface area contributed by atoms with Crippen molar-refractivity contribution in [3.05, 3.63) is 23.8 Å². The SMILES string of the molecule is CCOc1cc(CNC2CCCCCCC2)ccc1O. The fourth-order valence-corrected chi connectivity index (χ4v) is 2.86. The molecule has 0 atom stereocenters. The van der Waals surface area contributed by atoms with Crippen LogP contribution in [0.5, 0.6) is 11.5 Å². The molecule has 1 fully saturated rings. The maximum Gasteiger partial charge on any atom is 0.161 e. The lowest BCUT2D eigenvalue weighted by molar-refractivity contribution is 0.317. The first-order valence-electron chi connectivity index (χ1n) is 7.97. The van der Waals surface area contributed by atoms with E-state index in [1.54, 1.807) is 6.07 Å². The first kappa shape index (κ1) is 15.2. The van der Waals surface area contributed by atoms with Gasteiger partial charge in [-0.2, -0.15) is 0 Å². The van der Waals surface area contributed by atoms with Crippen molar-refractivity contribution in [1.29, 1.82) is 0 Å². The third-order valence-corrected chi connectivity index (χ3v) is 4.02. The molecule has 2 N–H and O–H groups in total. The van der Waals surface area contributed by atoms with Gasteiger partial charge in [0, 0.05) is 12.6 Å². The number of hydrogen-bond donors (Lipinski definition) is 2. The van der Waals surface area contributed by atoms with Crippen LogP contribution in [0.2, 0.25) is 0 Å². The van der Waals surface area contributed by atoms with Gasteiger partial charge in [-0.05, 0) is 37.5 Å². The Bertz CT molecular complexity index is 398. The van der Waals surface area contributed by atoms with Crippen molar-refractivity contribution in [3.8, 4) is 11.5 Å². The van der Waals surface area contributed by atoms with E-state index in [1.807, 2.05) is 19.1 Å². The molecule has 0 radical (unpaired) electrons. The minimum Gasteiger partial charge on any atom is -0.504 e. The van der Waals surface area contributed by atoms with Crippen LogP contribution in [0, 0.1) is 0 Å². The zero-order valence-corrected chi connectivity index (χ0v) is 12.5. The maximum absolute atomic E-state index is 9.71. The van der Waals surface area contributed by atoms with Crippen molar-refractivity contribution in [2.24, 2.45) is 0 Å². The van der Waals surface area contributed by atoms with E-state index >= 15 is 0 Å². The van der Waals surface area contributed by atoms with E-state index < -0.39 is 0 Å². The van der Waals surface area contributed by atoms with E-state index in [4.69, 9.17) is 4.74 Å². The number of nitrogens with one attached hydrogen (secondary N) is 1. The van der Waals surface area contributed by atoms with Crippen molar-refractivity contribution < 1.29 is 9.84 Å². The lowest BCUT2D eigenvalue weighted by Gasteiger charge is -2.21. The second-order valence-corrected chi connectivity index (χ2v) is 5.66. The predicted molar refractivity (Wildman–Crippen MR) is 82.2 cm³/mol. The number of phenols is 1. The second kappa shape index (κ2) is 8.15. The quantitative estimate of drug-likeness (QED) is 0.855. The molecule has 2 rings (SSSR count). The van der Waals surface area contributed by atoms with E-state index in [-0.39, 0.29) is 5.75 Å². The van der Waals surface area contributed by atoms with Gasteiger partial charge in [-0.3, -0.25) is 0 Å². The summed E-state index contributed by atoms with van der Waals surface area (Å²) in [7, 11) is 0. The van der Waals surface area contributed by atoms with E-state index in [0.29, 0.717) is 18.4 Å². The van der Waals surface area contributed by atoms with Gasteiger partial charge in [-0.1, -0.05) is 38.2 Å². The molecule has 0 heterocycles. The topological polar surface area (TPSA) is 41.5 Å². The molecule has 112 valence electrons. The zero-order valence-electron chi connectivity index (χ0n) is 12.5. The second-order valence-electron chi connectivity index (χ2n) is 5.66. The summed E-state index contributed by atoms with van der Waals surface area (Å²) in [6.45, 7) is 3.36. The molecule has 0 saturated heterocycles. The number of aromatic hydroxyl groups is 1. The monoisotopic (exact) mass is 277 g/mol. The normalized spacial score (nSPS) is 17.4. The van der Waals surface area contributed by atoms with Crippen molar-refractivity contribution in [1.82, 2.24) is 5.32 Å². The van der Waals surface area contributed by atoms with Gasteiger partial charge in [0.25, 0.3) is 0 Å². The van der Waals surface area contributed by atoms with Crippen LogP contribution in [0.15, 0.2) is 18.2 Å². The first-order valence-corrected chi connectivity index (χ1v) is 7.97. The van der Waals surface area contributed by atoms with E-state index in [2.05, 4.69) is 5.32 Å². The highest BCUT2D eigenvalue weighted by Crippen LogP contribution is 2.27. The van der Waals surface area contributed by atoms with Crippen LogP contribution in [0.3, 0.4) is 0 Å². The number of rotatable bonds is 5. The van der Waals surface area contributed by atoms with Crippen molar-refractivity contribution >= 4 is 0 Å². The summed E-state index contributed by atoms with van der Waals surface area (Å²) in [6.07, 6.45) is 9.43. The molecule has 20 heavy (non-hydrogen) atoms. The van der Waals surface area contributed by atoms with Crippen molar-refractivity contribution in [2.45, 2.75) is 64.5 Å². The summed E-state index contributed by atoms with van der Waals surface area (Å²) >= 11 is 0. The van der Waals surface area contributed by atoms with Gasteiger partial charge in [0.05, 0.1) is 6.61 Å². The van der Waals surface area contributed by atoms with Crippen LogP contribution in [-0.2, 0) is 6.54 Å². The van der Waals surface area contributed by atoms with Crippen LogP contribution < -0.4 is 10.1 Å². The fourth-order valence-electron chi connectivity index (χ4n) is 2.86. The predicted octanol–water partition coefficient (Wildman–Crippen LogP) is 3.99. The molecule has 0 spiro atoms. The number of hydrogen-bond acceptors (Lipinski definition) is 3. The van der Waals surface area contributed by atoms with Gasteiger partial charge >= 0.3 is 0 Å². The summed E-state index contributed by atoms with van der Waals surface area (Å²) in [5.74, 6) is 0.811. The molecule has 1 saturated carbocycles. The molecule has 0 aromatic heterocycles. The minimum absolute atomic E-state index is 0.224. The standard InChI is InChI=1S/C17H27NO2/c1-2-20-17-12-14(10-11-16(17)19)13-18-15-8-6-4-3-5-7-9-15/h10-12,15,18-19H,2-9,13H2,1H3. The summed E-state index contributed by atoms with van der Waals surface area (Å²) < 4.78 is 5.43. The molecule has 0 amide bonds. The molecule has 1 aromatic carbocycles. The molecule has 0 unspecified atom stereocenters. The van der Waals surface area contributed by atoms with Crippen LogP contribution in [-0.4, -0.2) is 17.8 Å². The van der Waals surface area contributed by atoms with Gasteiger partial charge < -0.3 is 15.2 Å². The summed E-state index contributed by atoms with van der Waals surface area (Å²) in [5.41, 5.74) is 1.17. The zero-order chi connectivity index (χ0) is 14.2. The summed E-state index contributed by atoms with van der Waals surface area (Å²) in [6, 6.07) is 6.27. The third kappa shape index (κ3) is 4.71. The number of ether oxygens (including phenoxy) is 1. The largest absolute Gasteiger partial charge is 0.504 e. The molecule has 1 aliphatic carbocycles. The third-order valence-electron chi connectivity index (χ3n) is 4.02. The van der Waals surface area contributed by atoms with E-state index in [0.717, 1.165) is 6.54 Å². The Morgan fingerprint density at radius 2 is 1.85 bits per heavy atom. The van der Waals surface area contributed by atoms with Gasteiger partial charge in [0.2, 0.25) is 0 Å². The van der Waals surface area contributed by atoms with Crippen LogP contribution in [0.4, 0.5) is 0 Å². The highest BCUT2D eigenvalue weighted by molar-refractivity contribution is 5.41. The minimum atomic E-state index is 0.224. The average molecular weight is 277 g/mol. The average Bonchev–Trinajstić information content (AvgIpc) is 2.41. The molecule has 1 aromatic rings. The molecule has 0 aliphatic heterocycles. The lowest BCUT2D eigenvalue weighted by atomic mass is 9.96. The Morgan fingerprint density at radius 1 is 1.15 bits per heavy atom.